The van der Waals surface area contributed by atoms with Gasteiger partial charge in [0.2, 0.25) is 5.91 Å². The lowest BCUT2D eigenvalue weighted by Gasteiger charge is -2.09. The Morgan fingerprint density at radius 2 is 1.95 bits per heavy atom. The molecule has 0 radical (unpaired) electrons. The number of anilines is 1. The molecular formula is C11H12F3N3O3. The maximum atomic E-state index is 11.8. The van der Waals surface area contributed by atoms with Gasteiger partial charge in [0.15, 0.2) is 0 Å². The van der Waals surface area contributed by atoms with Crippen LogP contribution < -0.4 is 10.6 Å². The minimum Gasteiger partial charge on any atom is -0.379 e. The summed E-state index contributed by atoms with van der Waals surface area (Å²) in [6.45, 7) is -1.40. The first-order valence-corrected chi connectivity index (χ1v) is 5.60. The summed E-state index contributed by atoms with van der Waals surface area (Å²) in [5, 5.41) is 15.0. The molecule has 9 heteroatoms. The van der Waals surface area contributed by atoms with Gasteiger partial charge in [-0.2, -0.15) is 13.2 Å². The van der Waals surface area contributed by atoms with Crippen LogP contribution in [0.25, 0.3) is 0 Å². The molecule has 2 N–H and O–H groups in total. The number of hydrogen-bond acceptors (Lipinski definition) is 4. The number of hydrogen-bond donors (Lipinski definition) is 2. The van der Waals surface area contributed by atoms with E-state index in [1.165, 1.54) is 18.2 Å². The van der Waals surface area contributed by atoms with Crippen LogP contribution in [0.1, 0.15) is 6.42 Å². The fourth-order valence-corrected chi connectivity index (χ4v) is 1.38. The van der Waals surface area contributed by atoms with Gasteiger partial charge in [-0.1, -0.05) is 12.1 Å². The molecule has 110 valence electrons. The zero-order valence-electron chi connectivity index (χ0n) is 10.2. The molecule has 1 aromatic rings. The molecular weight excluding hydrogens is 279 g/mol. The van der Waals surface area contributed by atoms with Crippen molar-refractivity contribution in [2.45, 2.75) is 12.6 Å². The zero-order chi connectivity index (χ0) is 15.2. The zero-order valence-corrected chi connectivity index (χ0v) is 10.2. The monoisotopic (exact) mass is 291 g/mol. The second kappa shape index (κ2) is 6.73. The van der Waals surface area contributed by atoms with Crippen LogP contribution in [0.5, 0.6) is 0 Å². The van der Waals surface area contributed by atoms with Crippen LogP contribution in [0.4, 0.5) is 24.5 Å². The third kappa shape index (κ3) is 5.55. The molecule has 0 spiro atoms. The molecule has 20 heavy (non-hydrogen) atoms. The number of carbonyl (C=O) groups is 1. The highest BCUT2D eigenvalue weighted by Gasteiger charge is 2.27. The number of amides is 1. The molecule has 0 aliphatic rings. The number of carbonyl (C=O) groups excluding carboxylic acids is 1. The molecule has 0 heterocycles. The molecule has 0 aliphatic heterocycles. The Hall–Kier alpha value is -2.32. The number of nitrogens with zero attached hydrogens (tertiary/aromatic N) is 1. The molecule has 6 nitrogen and oxygen atoms in total. The van der Waals surface area contributed by atoms with E-state index in [1.54, 1.807) is 11.4 Å². The minimum atomic E-state index is -4.46. The van der Waals surface area contributed by atoms with Gasteiger partial charge in [-0.05, 0) is 6.07 Å². The van der Waals surface area contributed by atoms with Gasteiger partial charge < -0.3 is 10.6 Å². The molecule has 0 saturated carbocycles. The van der Waals surface area contributed by atoms with Gasteiger partial charge in [-0.3, -0.25) is 14.9 Å². The van der Waals surface area contributed by atoms with Crippen molar-refractivity contribution >= 4 is 17.3 Å². The van der Waals surface area contributed by atoms with Crippen LogP contribution >= 0.6 is 0 Å². The Morgan fingerprint density at radius 3 is 2.55 bits per heavy atom. The first-order chi connectivity index (χ1) is 9.29. The van der Waals surface area contributed by atoms with E-state index >= 15 is 0 Å². The summed E-state index contributed by atoms with van der Waals surface area (Å²) in [7, 11) is 0. The van der Waals surface area contributed by atoms with Crippen molar-refractivity contribution in [2.75, 3.05) is 18.4 Å². The number of rotatable bonds is 6. The van der Waals surface area contributed by atoms with E-state index in [-0.39, 0.29) is 24.3 Å². The second-order valence-electron chi connectivity index (χ2n) is 3.84. The number of benzene rings is 1. The van der Waals surface area contributed by atoms with Crippen molar-refractivity contribution in [1.29, 1.82) is 0 Å². The smallest absolute Gasteiger partial charge is 0.379 e. The van der Waals surface area contributed by atoms with E-state index in [0.29, 0.717) is 0 Å². The molecule has 0 bridgehead atoms. The third-order valence-corrected chi connectivity index (χ3v) is 2.25. The fraction of sp³-hybridized carbons (Fsp3) is 0.364. The van der Waals surface area contributed by atoms with Gasteiger partial charge in [0, 0.05) is 19.0 Å². The van der Waals surface area contributed by atoms with Crippen molar-refractivity contribution in [3.05, 3.63) is 34.4 Å². The van der Waals surface area contributed by atoms with Crippen LogP contribution in [0.3, 0.4) is 0 Å². The maximum absolute atomic E-state index is 11.8. The average Bonchev–Trinajstić information content (AvgIpc) is 2.36. The number of para-hydroxylation sites is 2. The summed E-state index contributed by atoms with van der Waals surface area (Å²) in [4.78, 5) is 21.2. The number of nitro groups is 1. The van der Waals surface area contributed by atoms with E-state index < -0.39 is 23.6 Å². The van der Waals surface area contributed by atoms with Crippen LogP contribution in [0.2, 0.25) is 0 Å². The topological polar surface area (TPSA) is 84.3 Å². The number of nitro benzene ring substituents is 1. The van der Waals surface area contributed by atoms with Crippen molar-refractivity contribution in [3.8, 4) is 0 Å². The lowest BCUT2D eigenvalue weighted by Crippen LogP contribution is -2.34. The molecule has 1 rings (SSSR count). The SMILES string of the molecule is O=C(CCNc1ccccc1[N+](=O)[O-])NCC(F)(F)F. The minimum absolute atomic E-state index is 0.00541. The summed E-state index contributed by atoms with van der Waals surface area (Å²) in [6, 6.07) is 5.79. The van der Waals surface area contributed by atoms with Crippen molar-refractivity contribution in [2.24, 2.45) is 0 Å². The summed E-state index contributed by atoms with van der Waals surface area (Å²) < 4.78 is 35.5. The average molecular weight is 291 g/mol. The largest absolute Gasteiger partial charge is 0.405 e. The van der Waals surface area contributed by atoms with Crippen LogP contribution in [-0.2, 0) is 4.79 Å². The maximum Gasteiger partial charge on any atom is 0.405 e. The fourth-order valence-electron chi connectivity index (χ4n) is 1.38. The Kier molecular flexibility index (Phi) is 5.30. The lowest BCUT2D eigenvalue weighted by molar-refractivity contribution is -0.384. The van der Waals surface area contributed by atoms with E-state index in [4.69, 9.17) is 0 Å². The molecule has 0 atom stereocenters. The Morgan fingerprint density at radius 1 is 1.30 bits per heavy atom. The number of alkyl halides is 3. The van der Waals surface area contributed by atoms with Crippen molar-refractivity contribution < 1.29 is 22.9 Å². The van der Waals surface area contributed by atoms with E-state index in [0.717, 1.165) is 0 Å². The first-order valence-electron chi connectivity index (χ1n) is 5.60. The highest BCUT2D eigenvalue weighted by Crippen LogP contribution is 2.22. The predicted molar refractivity (Wildman–Crippen MR) is 65.3 cm³/mol. The van der Waals surface area contributed by atoms with Crippen LogP contribution in [0, 0.1) is 10.1 Å². The van der Waals surface area contributed by atoms with E-state index in [2.05, 4.69) is 5.32 Å². The normalized spacial score (nSPS) is 10.9. The van der Waals surface area contributed by atoms with Gasteiger partial charge in [-0.25, -0.2) is 0 Å². The van der Waals surface area contributed by atoms with Crippen molar-refractivity contribution in [3.63, 3.8) is 0 Å². The third-order valence-electron chi connectivity index (χ3n) is 2.25. The van der Waals surface area contributed by atoms with E-state index in [9.17, 15) is 28.1 Å². The molecule has 0 unspecified atom stereocenters. The highest BCUT2D eigenvalue weighted by atomic mass is 19.4. The van der Waals surface area contributed by atoms with Gasteiger partial charge in [0.05, 0.1) is 4.92 Å². The molecule has 0 aromatic heterocycles. The van der Waals surface area contributed by atoms with Gasteiger partial charge >= 0.3 is 6.18 Å². The molecule has 1 aromatic carbocycles. The number of halogens is 3. The van der Waals surface area contributed by atoms with Gasteiger partial charge in [0.1, 0.15) is 12.2 Å². The van der Waals surface area contributed by atoms with Gasteiger partial charge in [0.25, 0.3) is 5.69 Å². The van der Waals surface area contributed by atoms with Gasteiger partial charge in [-0.15, -0.1) is 0 Å². The summed E-state index contributed by atoms with van der Waals surface area (Å²) in [5.74, 6) is -0.784. The standard InChI is InChI=1S/C11H12F3N3O3/c12-11(13,14)7-16-10(18)5-6-15-8-3-1-2-4-9(8)17(19)20/h1-4,15H,5-7H2,(H,16,18). The Labute approximate surface area is 112 Å². The number of nitrogens with one attached hydrogen (secondary N) is 2. The van der Waals surface area contributed by atoms with Crippen LogP contribution in [0.15, 0.2) is 24.3 Å². The first kappa shape index (κ1) is 15.7. The Bertz CT molecular complexity index is 491. The summed E-state index contributed by atoms with van der Waals surface area (Å²) in [5.41, 5.74) is 0.0457. The Balaban J connectivity index is 2.41. The summed E-state index contributed by atoms with van der Waals surface area (Å²) in [6.07, 6.45) is -4.68. The molecule has 0 aliphatic carbocycles. The molecule has 0 fully saturated rings. The predicted octanol–water partition coefficient (Wildman–Crippen LogP) is 2.08. The van der Waals surface area contributed by atoms with Crippen LogP contribution in [-0.4, -0.2) is 30.1 Å². The van der Waals surface area contributed by atoms with E-state index in [1.807, 2.05) is 0 Å². The highest BCUT2D eigenvalue weighted by molar-refractivity contribution is 5.76. The van der Waals surface area contributed by atoms with Crippen molar-refractivity contribution in [1.82, 2.24) is 5.32 Å². The molecule has 0 saturated heterocycles. The lowest BCUT2D eigenvalue weighted by atomic mass is 10.2. The second-order valence-corrected chi connectivity index (χ2v) is 3.84. The molecule has 1 amide bonds. The quantitative estimate of drug-likeness (QED) is 0.620. The summed E-state index contributed by atoms with van der Waals surface area (Å²) >= 11 is 0.